The van der Waals surface area contributed by atoms with Gasteiger partial charge in [0.05, 0.1) is 0 Å². The summed E-state index contributed by atoms with van der Waals surface area (Å²) in [4.78, 5) is 13.7. The molecule has 0 spiro atoms. The Morgan fingerprint density at radius 2 is 2.20 bits per heavy atom. The summed E-state index contributed by atoms with van der Waals surface area (Å²) in [5.74, 6) is 4.81. The number of aliphatic hydroxyl groups is 1. The van der Waals surface area contributed by atoms with Crippen LogP contribution in [0.1, 0.15) is 36.2 Å². The second-order valence-electron chi connectivity index (χ2n) is 4.92. The summed E-state index contributed by atoms with van der Waals surface area (Å²) in [5.41, 5.74) is 3.74. The van der Waals surface area contributed by atoms with Crippen molar-refractivity contribution >= 4 is 21.8 Å². The number of amides is 1. The number of carbonyl (C=O) groups is 1. The Bertz CT molecular complexity index is 452. The Balaban J connectivity index is 2.82. The number of hydrogen-bond donors (Lipinski definition) is 3. The Labute approximate surface area is 128 Å². The number of hydrazine groups is 1. The lowest BCUT2D eigenvalue weighted by Gasteiger charge is -2.26. The van der Waals surface area contributed by atoms with Gasteiger partial charge in [0.15, 0.2) is 0 Å². The van der Waals surface area contributed by atoms with Crippen molar-refractivity contribution in [3.63, 3.8) is 0 Å². The second-order valence-corrected chi connectivity index (χ2v) is 5.78. The summed E-state index contributed by atoms with van der Waals surface area (Å²) in [6, 6.07) is 5.83. The van der Waals surface area contributed by atoms with Crippen molar-refractivity contribution in [2.24, 2.45) is 5.84 Å². The van der Waals surface area contributed by atoms with Crippen molar-refractivity contribution in [2.75, 3.05) is 13.2 Å². The maximum atomic E-state index is 11.5. The third kappa shape index (κ3) is 4.86. The average Bonchev–Trinajstić information content (AvgIpc) is 2.43. The number of aliphatic hydroxyl groups excluding tert-OH is 1. The van der Waals surface area contributed by atoms with Gasteiger partial charge < -0.3 is 5.11 Å². The van der Waals surface area contributed by atoms with Crippen LogP contribution in [0.5, 0.6) is 0 Å². The molecule has 0 atom stereocenters. The highest BCUT2D eigenvalue weighted by molar-refractivity contribution is 9.10. The largest absolute Gasteiger partial charge is 0.396 e. The molecule has 1 rings (SSSR count). The maximum absolute atomic E-state index is 11.5. The summed E-state index contributed by atoms with van der Waals surface area (Å²) in [6.45, 7) is 6.05. The summed E-state index contributed by atoms with van der Waals surface area (Å²) >= 11 is 3.49. The minimum Gasteiger partial charge on any atom is -0.396 e. The molecule has 0 unspecified atom stereocenters. The van der Waals surface area contributed by atoms with E-state index in [1.807, 2.05) is 6.07 Å². The molecule has 0 aliphatic heterocycles. The van der Waals surface area contributed by atoms with Crippen LogP contribution in [0, 0.1) is 0 Å². The molecule has 4 N–H and O–H groups in total. The van der Waals surface area contributed by atoms with Gasteiger partial charge in [-0.05, 0) is 38.0 Å². The molecule has 0 heterocycles. The van der Waals surface area contributed by atoms with Crippen LogP contribution in [-0.4, -0.2) is 35.1 Å². The quantitative estimate of drug-likeness (QED) is 0.399. The molecule has 5 nitrogen and oxygen atoms in total. The number of nitrogens with one attached hydrogen (secondary N) is 1. The van der Waals surface area contributed by atoms with E-state index in [-0.39, 0.29) is 12.5 Å². The molecule has 20 heavy (non-hydrogen) atoms. The molecule has 1 aromatic carbocycles. The van der Waals surface area contributed by atoms with E-state index in [0.717, 1.165) is 29.5 Å². The van der Waals surface area contributed by atoms with Gasteiger partial charge in [-0.25, -0.2) is 5.84 Å². The van der Waals surface area contributed by atoms with Gasteiger partial charge in [0.2, 0.25) is 0 Å². The molecular weight excluding hydrogens is 322 g/mol. The molecule has 1 amide bonds. The van der Waals surface area contributed by atoms with E-state index in [1.165, 1.54) is 0 Å². The third-order valence-electron chi connectivity index (χ3n) is 3.15. The summed E-state index contributed by atoms with van der Waals surface area (Å²) < 4.78 is 0.883. The first kappa shape index (κ1) is 17.1. The standard InChI is InChI=1S/C14H22BrN3O2/c1-10(2)18(6-3-7-19)9-12-5-4-11(8-13(12)15)14(20)17-16/h4-5,8,10,19H,3,6-7,9,16H2,1-2H3,(H,17,20). The number of rotatable bonds is 7. The van der Waals surface area contributed by atoms with Crippen molar-refractivity contribution in [3.8, 4) is 0 Å². The number of halogens is 1. The molecular formula is C14H22BrN3O2. The van der Waals surface area contributed by atoms with Crippen LogP contribution in [0.4, 0.5) is 0 Å². The Morgan fingerprint density at radius 3 is 2.70 bits per heavy atom. The first-order chi connectivity index (χ1) is 9.49. The first-order valence-electron chi connectivity index (χ1n) is 6.63. The average molecular weight is 344 g/mol. The smallest absolute Gasteiger partial charge is 0.265 e. The molecule has 0 saturated heterocycles. The monoisotopic (exact) mass is 343 g/mol. The fourth-order valence-electron chi connectivity index (χ4n) is 1.91. The summed E-state index contributed by atoms with van der Waals surface area (Å²) in [7, 11) is 0. The van der Waals surface area contributed by atoms with Crippen molar-refractivity contribution in [1.29, 1.82) is 0 Å². The van der Waals surface area contributed by atoms with Gasteiger partial charge in [0, 0.05) is 35.8 Å². The topological polar surface area (TPSA) is 78.6 Å². The maximum Gasteiger partial charge on any atom is 0.265 e. The Morgan fingerprint density at radius 1 is 1.50 bits per heavy atom. The summed E-state index contributed by atoms with van der Waals surface area (Å²) in [5, 5.41) is 8.95. The van der Waals surface area contributed by atoms with E-state index in [9.17, 15) is 4.79 Å². The predicted molar refractivity (Wildman–Crippen MR) is 83.0 cm³/mol. The molecule has 6 heteroatoms. The van der Waals surface area contributed by atoms with Gasteiger partial charge in [-0.1, -0.05) is 22.0 Å². The van der Waals surface area contributed by atoms with Crippen LogP contribution in [-0.2, 0) is 6.54 Å². The normalized spacial score (nSPS) is 11.2. The number of benzene rings is 1. The molecule has 0 aliphatic carbocycles. The molecule has 0 aromatic heterocycles. The fourth-order valence-corrected chi connectivity index (χ4v) is 2.42. The van der Waals surface area contributed by atoms with Gasteiger partial charge in [-0.15, -0.1) is 0 Å². The van der Waals surface area contributed by atoms with Crippen molar-refractivity contribution in [2.45, 2.75) is 32.9 Å². The zero-order chi connectivity index (χ0) is 15.1. The minimum atomic E-state index is -0.307. The van der Waals surface area contributed by atoms with E-state index in [0.29, 0.717) is 11.6 Å². The van der Waals surface area contributed by atoms with E-state index >= 15 is 0 Å². The van der Waals surface area contributed by atoms with Crippen LogP contribution in [0.15, 0.2) is 22.7 Å². The predicted octanol–water partition coefficient (Wildman–Crippen LogP) is 1.65. The van der Waals surface area contributed by atoms with Crippen LogP contribution >= 0.6 is 15.9 Å². The molecule has 112 valence electrons. The lowest BCUT2D eigenvalue weighted by molar-refractivity contribution is 0.0953. The van der Waals surface area contributed by atoms with Crippen LogP contribution in [0.25, 0.3) is 0 Å². The van der Waals surface area contributed by atoms with Gasteiger partial charge >= 0.3 is 0 Å². The van der Waals surface area contributed by atoms with E-state index < -0.39 is 0 Å². The van der Waals surface area contributed by atoms with Crippen LogP contribution in [0.2, 0.25) is 0 Å². The number of nitrogen functional groups attached to an aromatic ring is 1. The molecule has 0 radical (unpaired) electrons. The number of hydrogen-bond acceptors (Lipinski definition) is 4. The second kappa shape index (κ2) is 8.36. The Kier molecular flexibility index (Phi) is 7.15. The SMILES string of the molecule is CC(C)N(CCCO)Cc1ccc(C(=O)NN)cc1Br. The van der Waals surface area contributed by atoms with Crippen molar-refractivity contribution in [3.05, 3.63) is 33.8 Å². The van der Waals surface area contributed by atoms with Crippen molar-refractivity contribution in [1.82, 2.24) is 10.3 Å². The zero-order valence-electron chi connectivity index (χ0n) is 11.9. The molecule has 0 aliphatic rings. The molecule has 0 bridgehead atoms. The van der Waals surface area contributed by atoms with Crippen LogP contribution < -0.4 is 11.3 Å². The molecule has 0 fully saturated rings. The van der Waals surface area contributed by atoms with E-state index in [1.54, 1.807) is 12.1 Å². The van der Waals surface area contributed by atoms with Crippen LogP contribution in [0.3, 0.4) is 0 Å². The lowest BCUT2D eigenvalue weighted by atomic mass is 10.1. The highest BCUT2D eigenvalue weighted by Gasteiger charge is 2.13. The third-order valence-corrected chi connectivity index (χ3v) is 3.89. The zero-order valence-corrected chi connectivity index (χ0v) is 13.5. The minimum absolute atomic E-state index is 0.194. The van der Waals surface area contributed by atoms with E-state index in [4.69, 9.17) is 10.9 Å². The molecule has 1 aromatic rings. The van der Waals surface area contributed by atoms with Gasteiger partial charge in [0.25, 0.3) is 5.91 Å². The first-order valence-corrected chi connectivity index (χ1v) is 7.43. The van der Waals surface area contributed by atoms with Gasteiger partial charge in [0.1, 0.15) is 0 Å². The highest BCUT2D eigenvalue weighted by atomic mass is 79.9. The number of nitrogens with zero attached hydrogens (tertiary/aromatic N) is 1. The molecule has 0 saturated carbocycles. The van der Waals surface area contributed by atoms with Gasteiger partial charge in [-0.2, -0.15) is 0 Å². The number of nitrogens with two attached hydrogens (primary N) is 1. The van der Waals surface area contributed by atoms with Crippen molar-refractivity contribution < 1.29 is 9.90 Å². The van der Waals surface area contributed by atoms with Gasteiger partial charge in [-0.3, -0.25) is 15.1 Å². The highest BCUT2D eigenvalue weighted by Crippen LogP contribution is 2.21. The summed E-state index contributed by atoms with van der Waals surface area (Å²) in [6.07, 6.45) is 0.753. The van der Waals surface area contributed by atoms with E-state index in [2.05, 4.69) is 40.1 Å². The Hall–Kier alpha value is -0.950. The number of carbonyl (C=O) groups excluding carboxylic acids is 1. The fraction of sp³-hybridized carbons (Fsp3) is 0.500. The lowest BCUT2D eigenvalue weighted by Crippen LogP contribution is -2.32.